The predicted octanol–water partition coefficient (Wildman–Crippen LogP) is 6.80. The maximum Gasteiger partial charge on any atom is 0.140 e. The van der Waals surface area contributed by atoms with Crippen LogP contribution in [0.1, 0.15) is 123 Å². The van der Waals surface area contributed by atoms with Crippen LogP contribution in [0.4, 0.5) is 0 Å². The van der Waals surface area contributed by atoms with Gasteiger partial charge in [0.15, 0.2) is 0 Å². The van der Waals surface area contributed by atoms with Crippen LogP contribution in [-0.2, 0) is 9.59 Å². The van der Waals surface area contributed by atoms with Crippen molar-refractivity contribution in [2.24, 2.45) is 0 Å². The average Bonchev–Trinajstić information content (AvgIpc) is 2.53. The average molecular weight is 325 g/mol. The molecular weight excluding hydrogens is 284 g/mol. The summed E-state index contributed by atoms with van der Waals surface area (Å²) >= 11 is 0. The highest BCUT2D eigenvalue weighted by atomic mass is 16.1. The Hall–Kier alpha value is -0.660. The fraction of sp³-hybridized carbons (Fsp3) is 0.905. The van der Waals surface area contributed by atoms with Gasteiger partial charge in [0.25, 0.3) is 0 Å². The van der Waals surface area contributed by atoms with Crippen molar-refractivity contribution in [1.29, 1.82) is 0 Å². The number of hydrogen-bond acceptors (Lipinski definition) is 2. The van der Waals surface area contributed by atoms with Crippen molar-refractivity contribution in [3.63, 3.8) is 0 Å². The van der Waals surface area contributed by atoms with Gasteiger partial charge in [-0.05, 0) is 12.8 Å². The quantitative estimate of drug-likeness (QED) is 0.205. The van der Waals surface area contributed by atoms with Crippen LogP contribution in [-0.4, -0.2) is 11.6 Å². The zero-order chi connectivity index (χ0) is 17.2. The maximum absolute atomic E-state index is 11.8. The first-order valence-electron chi connectivity index (χ1n) is 10.2. The van der Waals surface area contributed by atoms with Crippen molar-refractivity contribution in [3.05, 3.63) is 0 Å². The number of hydrogen-bond donors (Lipinski definition) is 0. The normalized spacial score (nSPS) is 10.9. The second kappa shape index (κ2) is 17.7. The second-order valence-electron chi connectivity index (χ2n) is 7.00. The van der Waals surface area contributed by atoms with Crippen LogP contribution in [0.15, 0.2) is 0 Å². The highest BCUT2D eigenvalue weighted by Gasteiger charge is 2.09. The molecule has 0 amide bonds. The highest BCUT2D eigenvalue weighted by Crippen LogP contribution is 2.11. The molecule has 0 bridgehead atoms. The largest absolute Gasteiger partial charge is 0.299 e. The predicted molar refractivity (Wildman–Crippen MR) is 99.9 cm³/mol. The molecule has 0 saturated carbocycles. The van der Waals surface area contributed by atoms with Crippen LogP contribution in [0.5, 0.6) is 0 Å². The first-order chi connectivity index (χ1) is 11.2. The van der Waals surface area contributed by atoms with E-state index >= 15 is 0 Å². The number of unbranched alkanes of at least 4 members (excludes halogenated alkanes) is 12. The van der Waals surface area contributed by atoms with Gasteiger partial charge in [-0.15, -0.1) is 0 Å². The van der Waals surface area contributed by atoms with Gasteiger partial charge in [0.2, 0.25) is 0 Å². The van der Waals surface area contributed by atoms with Crippen molar-refractivity contribution in [1.82, 2.24) is 0 Å². The monoisotopic (exact) mass is 324 g/mol. The van der Waals surface area contributed by atoms with E-state index in [2.05, 4.69) is 13.8 Å². The number of carbonyl (C=O) groups excluding carboxylic acids is 2. The molecule has 23 heavy (non-hydrogen) atoms. The summed E-state index contributed by atoms with van der Waals surface area (Å²) in [5, 5.41) is 0. The molecular formula is C21H40O2. The molecule has 0 fully saturated rings. The Labute approximate surface area is 144 Å². The Kier molecular flexibility index (Phi) is 17.2. The topological polar surface area (TPSA) is 34.1 Å². The second-order valence-corrected chi connectivity index (χ2v) is 7.00. The lowest BCUT2D eigenvalue weighted by Gasteiger charge is -2.03. The van der Waals surface area contributed by atoms with E-state index in [9.17, 15) is 9.59 Å². The molecule has 0 aromatic heterocycles. The molecule has 0 saturated heterocycles. The van der Waals surface area contributed by atoms with E-state index in [0.29, 0.717) is 12.8 Å². The van der Waals surface area contributed by atoms with Crippen molar-refractivity contribution < 1.29 is 9.59 Å². The maximum atomic E-state index is 11.8. The smallest absolute Gasteiger partial charge is 0.140 e. The Balaban J connectivity index is 3.36. The molecule has 0 radical (unpaired) electrons. The minimum absolute atomic E-state index is 0.159. The number of rotatable bonds is 18. The van der Waals surface area contributed by atoms with E-state index in [4.69, 9.17) is 0 Å². The lowest BCUT2D eigenvalue weighted by atomic mass is 10.0. The number of ketones is 2. The molecule has 136 valence electrons. The van der Waals surface area contributed by atoms with Gasteiger partial charge in [0, 0.05) is 12.8 Å². The minimum Gasteiger partial charge on any atom is -0.299 e. The minimum atomic E-state index is 0.159. The van der Waals surface area contributed by atoms with Crippen LogP contribution >= 0.6 is 0 Å². The Morgan fingerprint density at radius 1 is 0.478 bits per heavy atom. The molecule has 0 heterocycles. The fourth-order valence-electron chi connectivity index (χ4n) is 2.96. The molecule has 0 spiro atoms. The third-order valence-electron chi connectivity index (χ3n) is 4.51. The summed E-state index contributed by atoms with van der Waals surface area (Å²) in [5.41, 5.74) is 0. The third-order valence-corrected chi connectivity index (χ3v) is 4.51. The molecule has 0 aliphatic carbocycles. The van der Waals surface area contributed by atoms with Gasteiger partial charge in [-0.25, -0.2) is 0 Å². The molecule has 0 aliphatic heterocycles. The standard InChI is InChI=1S/C21H40O2/c1-3-5-7-9-11-13-15-17-20(22)19-21(23)18-16-14-12-10-8-6-4-2/h3-19H2,1-2H3. The Morgan fingerprint density at radius 2 is 0.783 bits per heavy atom. The van der Waals surface area contributed by atoms with Gasteiger partial charge >= 0.3 is 0 Å². The van der Waals surface area contributed by atoms with Crippen molar-refractivity contribution in [3.8, 4) is 0 Å². The van der Waals surface area contributed by atoms with Crippen molar-refractivity contribution >= 4 is 11.6 Å². The summed E-state index contributed by atoms with van der Waals surface area (Å²) in [6.45, 7) is 4.45. The third kappa shape index (κ3) is 17.5. The summed E-state index contributed by atoms with van der Waals surface area (Å²) in [5.74, 6) is 0.318. The van der Waals surface area contributed by atoms with Gasteiger partial charge in [-0.2, -0.15) is 0 Å². The van der Waals surface area contributed by atoms with Gasteiger partial charge in [0.05, 0.1) is 6.42 Å². The van der Waals surface area contributed by atoms with Gasteiger partial charge in [-0.1, -0.05) is 90.9 Å². The number of carbonyl (C=O) groups is 2. The van der Waals surface area contributed by atoms with E-state index in [1.807, 2.05) is 0 Å². The van der Waals surface area contributed by atoms with Gasteiger partial charge in [-0.3, -0.25) is 9.59 Å². The zero-order valence-electron chi connectivity index (χ0n) is 15.8. The molecule has 0 rings (SSSR count). The molecule has 2 heteroatoms. The van der Waals surface area contributed by atoms with Crippen LogP contribution in [0.3, 0.4) is 0 Å². The molecule has 0 aromatic carbocycles. The van der Waals surface area contributed by atoms with Crippen LogP contribution in [0.2, 0.25) is 0 Å². The van der Waals surface area contributed by atoms with Gasteiger partial charge in [0.1, 0.15) is 11.6 Å². The first-order valence-corrected chi connectivity index (χ1v) is 10.2. The fourth-order valence-corrected chi connectivity index (χ4v) is 2.96. The van der Waals surface area contributed by atoms with Crippen molar-refractivity contribution in [2.45, 2.75) is 123 Å². The lowest BCUT2D eigenvalue weighted by molar-refractivity contribution is -0.127. The molecule has 0 atom stereocenters. The van der Waals surface area contributed by atoms with E-state index < -0.39 is 0 Å². The summed E-state index contributed by atoms with van der Waals surface area (Å²) in [4.78, 5) is 23.5. The van der Waals surface area contributed by atoms with E-state index in [-0.39, 0.29) is 18.0 Å². The summed E-state index contributed by atoms with van der Waals surface area (Å²) in [6.07, 6.45) is 18.5. The summed E-state index contributed by atoms with van der Waals surface area (Å²) in [6, 6.07) is 0. The lowest BCUT2D eigenvalue weighted by Crippen LogP contribution is -2.07. The molecule has 2 nitrogen and oxygen atoms in total. The summed E-state index contributed by atoms with van der Waals surface area (Å²) in [7, 11) is 0. The van der Waals surface area contributed by atoms with Crippen LogP contribution in [0, 0.1) is 0 Å². The molecule has 0 unspecified atom stereocenters. The Bertz CT molecular complexity index is 256. The molecule has 0 aromatic rings. The van der Waals surface area contributed by atoms with E-state index in [1.165, 1.54) is 64.2 Å². The van der Waals surface area contributed by atoms with E-state index in [1.54, 1.807) is 0 Å². The first kappa shape index (κ1) is 22.3. The van der Waals surface area contributed by atoms with Crippen LogP contribution in [0.25, 0.3) is 0 Å². The number of Topliss-reactive ketones (excluding diaryl/α,β-unsaturated/α-hetero) is 2. The summed E-state index contributed by atoms with van der Waals surface area (Å²) < 4.78 is 0. The zero-order valence-corrected chi connectivity index (χ0v) is 15.8. The van der Waals surface area contributed by atoms with Crippen LogP contribution < -0.4 is 0 Å². The SMILES string of the molecule is CCCCCCCCCC(=O)CC(=O)CCCCCCCCC. The van der Waals surface area contributed by atoms with E-state index in [0.717, 1.165) is 25.7 Å². The highest BCUT2D eigenvalue weighted by molar-refractivity contribution is 5.98. The van der Waals surface area contributed by atoms with Gasteiger partial charge < -0.3 is 0 Å². The Morgan fingerprint density at radius 3 is 1.13 bits per heavy atom. The molecule has 0 aliphatic rings. The van der Waals surface area contributed by atoms with Crippen molar-refractivity contribution in [2.75, 3.05) is 0 Å². The molecule has 0 N–H and O–H groups in total.